The van der Waals surface area contributed by atoms with Gasteiger partial charge in [0.15, 0.2) is 0 Å². The molecule has 4 heteroatoms. The third kappa shape index (κ3) is 2.11. The molecule has 0 aromatic carbocycles. The molecular formula is C12H18N2O2. The van der Waals surface area contributed by atoms with Gasteiger partial charge in [-0.25, -0.2) is 0 Å². The first-order chi connectivity index (χ1) is 7.50. The van der Waals surface area contributed by atoms with E-state index in [4.69, 9.17) is 10.2 Å². The summed E-state index contributed by atoms with van der Waals surface area (Å²) < 4.78 is 5.32. The molecule has 1 aromatic heterocycles. The van der Waals surface area contributed by atoms with Crippen molar-refractivity contribution in [1.29, 1.82) is 0 Å². The predicted octanol–water partition coefficient (Wildman–Crippen LogP) is 1.51. The minimum absolute atomic E-state index is 0.0916. The lowest BCUT2D eigenvalue weighted by atomic mass is 9.78. The number of hydrogen-bond donors (Lipinski definition) is 2. The highest BCUT2D eigenvalue weighted by Crippen LogP contribution is 2.28. The number of nitrogens with two attached hydrogens (primary N) is 1. The number of amides is 1. The Morgan fingerprint density at radius 2 is 2.25 bits per heavy atom. The van der Waals surface area contributed by atoms with E-state index in [1.807, 2.05) is 6.92 Å². The largest absolute Gasteiger partial charge is 0.466 e. The van der Waals surface area contributed by atoms with Gasteiger partial charge in [0.05, 0.1) is 5.56 Å². The molecule has 3 N–H and O–H groups in total. The molecule has 4 nitrogen and oxygen atoms in total. The molecule has 2 rings (SSSR count). The number of aryl methyl sites for hydroxylation is 2. The van der Waals surface area contributed by atoms with Gasteiger partial charge in [-0.3, -0.25) is 4.79 Å². The molecule has 16 heavy (non-hydrogen) atoms. The van der Waals surface area contributed by atoms with Crippen molar-refractivity contribution in [2.45, 2.75) is 38.6 Å². The summed E-state index contributed by atoms with van der Waals surface area (Å²) in [5.74, 6) is 1.33. The Morgan fingerprint density at radius 1 is 1.56 bits per heavy atom. The first-order valence-electron chi connectivity index (χ1n) is 5.64. The van der Waals surface area contributed by atoms with E-state index in [2.05, 4.69) is 5.32 Å². The third-order valence-corrected chi connectivity index (χ3v) is 3.24. The molecule has 1 aliphatic carbocycles. The van der Waals surface area contributed by atoms with Crippen LogP contribution in [0.15, 0.2) is 10.5 Å². The smallest absolute Gasteiger partial charge is 0.254 e. The number of carbonyl (C=O) groups is 1. The summed E-state index contributed by atoms with van der Waals surface area (Å²) >= 11 is 0. The predicted molar refractivity (Wildman–Crippen MR) is 61.3 cm³/mol. The Kier molecular flexibility index (Phi) is 2.76. The fraction of sp³-hybridized carbons (Fsp3) is 0.583. The third-order valence-electron chi connectivity index (χ3n) is 3.24. The Bertz CT molecular complexity index is 405. The van der Waals surface area contributed by atoms with Crippen LogP contribution in [0.2, 0.25) is 0 Å². The Hall–Kier alpha value is -1.29. The molecule has 0 atom stereocenters. The van der Waals surface area contributed by atoms with E-state index in [-0.39, 0.29) is 11.4 Å². The summed E-state index contributed by atoms with van der Waals surface area (Å²) in [6.07, 6.45) is 3.16. The summed E-state index contributed by atoms with van der Waals surface area (Å²) in [5, 5.41) is 2.87. The molecule has 0 radical (unpaired) electrons. The van der Waals surface area contributed by atoms with Crippen LogP contribution in [0.4, 0.5) is 0 Å². The van der Waals surface area contributed by atoms with Crippen LogP contribution in [-0.4, -0.2) is 18.0 Å². The van der Waals surface area contributed by atoms with Crippen molar-refractivity contribution in [3.63, 3.8) is 0 Å². The van der Waals surface area contributed by atoms with Crippen LogP contribution in [0.25, 0.3) is 0 Å². The van der Waals surface area contributed by atoms with Gasteiger partial charge in [0.2, 0.25) is 0 Å². The summed E-state index contributed by atoms with van der Waals surface area (Å²) in [7, 11) is 0. The summed E-state index contributed by atoms with van der Waals surface area (Å²) in [6.45, 7) is 4.18. The first-order valence-corrected chi connectivity index (χ1v) is 5.64. The average Bonchev–Trinajstić information content (AvgIpc) is 2.51. The fourth-order valence-electron chi connectivity index (χ4n) is 2.02. The zero-order valence-corrected chi connectivity index (χ0v) is 9.80. The number of carbonyl (C=O) groups excluding carboxylic acids is 1. The van der Waals surface area contributed by atoms with Gasteiger partial charge in [0.1, 0.15) is 11.5 Å². The van der Waals surface area contributed by atoms with E-state index in [0.29, 0.717) is 17.9 Å². The molecule has 1 saturated carbocycles. The van der Waals surface area contributed by atoms with Gasteiger partial charge in [-0.2, -0.15) is 0 Å². The highest BCUT2D eigenvalue weighted by molar-refractivity contribution is 5.95. The molecule has 0 bridgehead atoms. The van der Waals surface area contributed by atoms with Crippen LogP contribution >= 0.6 is 0 Å². The van der Waals surface area contributed by atoms with Gasteiger partial charge in [-0.15, -0.1) is 0 Å². The molecule has 0 unspecified atom stereocenters. The maximum absolute atomic E-state index is 11.8. The first kappa shape index (κ1) is 11.2. The van der Waals surface area contributed by atoms with Gasteiger partial charge in [-0.1, -0.05) is 0 Å². The van der Waals surface area contributed by atoms with Crippen LogP contribution in [0.3, 0.4) is 0 Å². The second-order valence-corrected chi connectivity index (χ2v) is 4.73. The SMILES string of the molecule is Cc1cc(C(=O)NCC2(N)CCC2)c(C)o1. The number of furan rings is 1. The molecule has 88 valence electrons. The van der Waals surface area contributed by atoms with Gasteiger partial charge < -0.3 is 15.5 Å². The number of rotatable bonds is 3. The summed E-state index contributed by atoms with van der Waals surface area (Å²) in [5.41, 5.74) is 6.47. The Balaban J connectivity index is 1.95. The maximum atomic E-state index is 11.8. The lowest BCUT2D eigenvalue weighted by molar-refractivity contribution is 0.0928. The van der Waals surface area contributed by atoms with Crippen molar-refractivity contribution in [3.05, 3.63) is 23.2 Å². The van der Waals surface area contributed by atoms with Crippen molar-refractivity contribution in [2.75, 3.05) is 6.54 Å². The van der Waals surface area contributed by atoms with Crippen molar-refractivity contribution in [2.24, 2.45) is 5.73 Å². The molecular weight excluding hydrogens is 204 g/mol. The average molecular weight is 222 g/mol. The zero-order chi connectivity index (χ0) is 11.8. The van der Waals surface area contributed by atoms with E-state index in [0.717, 1.165) is 25.0 Å². The summed E-state index contributed by atoms with van der Waals surface area (Å²) in [4.78, 5) is 11.8. The van der Waals surface area contributed by atoms with Gasteiger partial charge in [0, 0.05) is 12.1 Å². The van der Waals surface area contributed by atoms with Crippen LogP contribution in [0.1, 0.15) is 41.1 Å². The highest BCUT2D eigenvalue weighted by Gasteiger charge is 2.32. The minimum Gasteiger partial charge on any atom is -0.466 e. The van der Waals surface area contributed by atoms with Gasteiger partial charge in [0.25, 0.3) is 5.91 Å². The van der Waals surface area contributed by atoms with E-state index in [1.54, 1.807) is 13.0 Å². The molecule has 1 amide bonds. The van der Waals surface area contributed by atoms with E-state index in [1.165, 1.54) is 0 Å². The lowest BCUT2D eigenvalue weighted by Gasteiger charge is -2.38. The van der Waals surface area contributed by atoms with Crippen molar-refractivity contribution >= 4 is 5.91 Å². The van der Waals surface area contributed by atoms with E-state index in [9.17, 15) is 4.79 Å². The molecule has 1 heterocycles. The van der Waals surface area contributed by atoms with Gasteiger partial charge in [-0.05, 0) is 39.2 Å². The standard InChI is InChI=1S/C12H18N2O2/c1-8-6-10(9(2)16-8)11(15)14-7-12(13)4-3-5-12/h6H,3-5,7,13H2,1-2H3,(H,14,15). The lowest BCUT2D eigenvalue weighted by Crippen LogP contribution is -2.54. The fourth-order valence-corrected chi connectivity index (χ4v) is 2.02. The van der Waals surface area contributed by atoms with Crippen LogP contribution in [0, 0.1) is 13.8 Å². The molecule has 0 spiro atoms. The monoisotopic (exact) mass is 222 g/mol. The molecule has 0 aliphatic heterocycles. The van der Waals surface area contributed by atoms with E-state index < -0.39 is 0 Å². The van der Waals surface area contributed by atoms with Gasteiger partial charge >= 0.3 is 0 Å². The second kappa shape index (κ2) is 3.94. The van der Waals surface area contributed by atoms with Crippen LogP contribution in [-0.2, 0) is 0 Å². The number of nitrogens with one attached hydrogen (secondary N) is 1. The normalized spacial score (nSPS) is 17.9. The highest BCUT2D eigenvalue weighted by atomic mass is 16.3. The Morgan fingerprint density at radius 3 is 2.69 bits per heavy atom. The van der Waals surface area contributed by atoms with Crippen LogP contribution in [0.5, 0.6) is 0 Å². The van der Waals surface area contributed by atoms with Crippen molar-refractivity contribution in [3.8, 4) is 0 Å². The maximum Gasteiger partial charge on any atom is 0.254 e. The molecule has 0 saturated heterocycles. The molecule has 1 aliphatic rings. The molecule has 1 fully saturated rings. The van der Waals surface area contributed by atoms with E-state index >= 15 is 0 Å². The quantitative estimate of drug-likeness (QED) is 0.814. The van der Waals surface area contributed by atoms with Crippen LogP contribution < -0.4 is 11.1 Å². The minimum atomic E-state index is -0.178. The van der Waals surface area contributed by atoms with Crippen molar-refractivity contribution < 1.29 is 9.21 Å². The second-order valence-electron chi connectivity index (χ2n) is 4.73. The van der Waals surface area contributed by atoms with Crippen molar-refractivity contribution in [1.82, 2.24) is 5.32 Å². The number of hydrogen-bond acceptors (Lipinski definition) is 3. The summed E-state index contributed by atoms with van der Waals surface area (Å²) in [6, 6.07) is 1.76. The Labute approximate surface area is 95.2 Å². The molecule has 1 aromatic rings. The topological polar surface area (TPSA) is 68.3 Å². The zero-order valence-electron chi connectivity index (χ0n) is 9.80.